The third-order valence-corrected chi connectivity index (χ3v) is 7.19. The fourth-order valence-corrected chi connectivity index (χ4v) is 5.30. The highest BCUT2D eigenvalue weighted by molar-refractivity contribution is 9.10. The van der Waals surface area contributed by atoms with Crippen molar-refractivity contribution in [3.8, 4) is 11.5 Å². The Morgan fingerprint density at radius 1 is 0.947 bits per heavy atom. The number of hydrogen-bond donors (Lipinski definition) is 0. The molecule has 6 nitrogen and oxygen atoms in total. The molecule has 1 aliphatic heterocycles. The van der Waals surface area contributed by atoms with Crippen LogP contribution in [0.2, 0.25) is 0 Å². The number of carbonyl (C=O) groups is 1. The van der Waals surface area contributed by atoms with E-state index in [4.69, 9.17) is 13.9 Å². The summed E-state index contributed by atoms with van der Waals surface area (Å²) in [5.41, 5.74) is 2.84. The molecule has 0 N–H and O–H groups in total. The van der Waals surface area contributed by atoms with Gasteiger partial charge in [0.25, 0.3) is 5.91 Å². The van der Waals surface area contributed by atoms with E-state index in [-0.39, 0.29) is 17.1 Å². The van der Waals surface area contributed by atoms with Crippen molar-refractivity contribution in [3.05, 3.63) is 97.8 Å². The molecule has 0 fully saturated rings. The summed E-state index contributed by atoms with van der Waals surface area (Å²) in [6.07, 6.45) is 3.16. The second-order valence-corrected chi connectivity index (χ2v) is 10.3. The first-order chi connectivity index (χ1) is 18.4. The summed E-state index contributed by atoms with van der Waals surface area (Å²) in [5.74, 6) is 0.929. The number of unbranched alkanes of at least 4 members (excludes halogenated alkanes) is 2. The molecule has 7 heteroatoms. The van der Waals surface area contributed by atoms with Crippen LogP contribution in [0.5, 0.6) is 11.5 Å². The minimum atomic E-state index is -0.693. The summed E-state index contributed by atoms with van der Waals surface area (Å²) in [6.45, 7) is 7.04. The van der Waals surface area contributed by atoms with Crippen LogP contribution in [0.25, 0.3) is 11.0 Å². The van der Waals surface area contributed by atoms with E-state index in [0.29, 0.717) is 46.9 Å². The number of aryl methyl sites for hydroxylation is 1. The van der Waals surface area contributed by atoms with Gasteiger partial charge in [-0.25, -0.2) is 0 Å². The Morgan fingerprint density at radius 3 is 2.55 bits per heavy atom. The molecule has 1 aliphatic rings. The largest absolute Gasteiger partial charge is 0.490 e. The zero-order valence-corrected chi connectivity index (χ0v) is 23.3. The Bertz CT molecular complexity index is 1560. The van der Waals surface area contributed by atoms with Crippen LogP contribution in [0.15, 0.2) is 74.3 Å². The van der Waals surface area contributed by atoms with Gasteiger partial charge in [-0.05, 0) is 68.3 Å². The molecule has 38 heavy (non-hydrogen) atoms. The number of anilines is 1. The molecule has 1 unspecified atom stereocenters. The van der Waals surface area contributed by atoms with E-state index in [2.05, 4.69) is 22.9 Å². The maximum atomic E-state index is 13.9. The Kier molecular flexibility index (Phi) is 7.56. The molecule has 0 bridgehead atoms. The van der Waals surface area contributed by atoms with Crippen molar-refractivity contribution in [2.75, 3.05) is 18.1 Å². The predicted molar refractivity (Wildman–Crippen MR) is 153 cm³/mol. The Hall–Kier alpha value is -3.58. The second-order valence-electron chi connectivity index (χ2n) is 9.43. The van der Waals surface area contributed by atoms with Gasteiger partial charge in [-0.2, -0.15) is 0 Å². The van der Waals surface area contributed by atoms with E-state index in [1.54, 1.807) is 11.0 Å². The number of hydrogen-bond acceptors (Lipinski definition) is 5. The van der Waals surface area contributed by atoms with Crippen LogP contribution < -0.4 is 19.8 Å². The van der Waals surface area contributed by atoms with Crippen LogP contribution in [0.1, 0.15) is 66.4 Å². The first-order valence-electron chi connectivity index (χ1n) is 13.0. The van der Waals surface area contributed by atoms with E-state index in [1.165, 1.54) is 0 Å². The lowest BCUT2D eigenvalue weighted by atomic mass is 9.97. The molecule has 0 saturated carbocycles. The average Bonchev–Trinajstić information content (AvgIpc) is 3.20. The number of amides is 1. The van der Waals surface area contributed by atoms with Gasteiger partial charge in [0, 0.05) is 10.2 Å². The molecule has 0 spiro atoms. The molecule has 5 rings (SSSR count). The number of fused-ring (bicyclic) bond motifs is 2. The van der Waals surface area contributed by atoms with Gasteiger partial charge in [0.1, 0.15) is 5.58 Å². The highest BCUT2D eigenvalue weighted by atomic mass is 79.9. The third-order valence-electron chi connectivity index (χ3n) is 6.70. The van der Waals surface area contributed by atoms with Crippen molar-refractivity contribution < 1.29 is 18.7 Å². The second kappa shape index (κ2) is 11.0. The van der Waals surface area contributed by atoms with Crippen molar-refractivity contribution in [2.45, 2.75) is 46.1 Å². The first kappa shape index (κ1) is 26.0. The molecule has 4 aromatic rings. The van der Waals surface area contributed by atoms with Crippen LogP contribution in [-0.4, -0.2) is 19.1 Å². The maximum Gasteiger partial charge on any atom is 0.295 e. The van der Waals surface area contributed by atoms with E-state index in [0.717, 1.165) is 34.9 Å². The van der Waals surface area contributed by atoms with E-state index >= 15 is 0 Å². The number of ether oxygens (including phenoxy) is 2. The molecule has 0 radical (unpaired) electrons. The molecule has 1 atom stereocenters. The maximum absolute atomic E-state index is 13.9. The van der Waals surface area contributed by atoms with Crippen LogP contribution in [-0.2, 0) is 0 Å². The summed E-state index contributed by atoms with van der Waals surface area (Å²) in [7, 11) is 0. The molecule has 1 amide bonds. The van der Waals surface area contributed by atoms with Crippen LogP contribution in [0.4, 0.5) is 5.69 Å². The zero-order chi connectivity index (χ0) is 26.8. The summed E-state index contributed by atoms with van der Waals surface area (Å²) in [6, 6.07) is 17.8. The Balaban J connectivity index is 1.68. The minimum absolute atomic E-state index is 0.0641. The van der Waals surface area contributed by atoms with Crippen molar-refractivity contribution in [2.24, 2.45) is 0 Å². The van der Waals surface area contributed by atoms with Crippen molar-refractivity contribution >= 4 is 38.5 Å². The van der Waals surface area contributed by atoms with Crippen LogP contribution in [0, 0.1) is 6.92 Å². The van der Waals surface area contributed by atoms with Gasteiger partial charge in [0.15, 0.2) is 16.9 Å². The van der Waals surface area contributed by atoms with Crippen LogP contribution in [0.3, 0.4) is 0 Å². The lowest BCUT2D eigenvalue weighted by Gasteiger charge is -2.26. The van der Waals surface area contributed by atoms with E-state index in [1.807, 2.05) is 68.4 Å². The summed E-state index contributed by atoms with van der Waals surface area (Å²) in [4.78, 5) is 29.4. The fraction of sp³-hybridized carbons (Fsp3) is 0.290. The minimum Gasteiger partial charge on any atom is -0.490 e. The van der Waals surface area contributed by atoms with Gasteiger partial charge in [-0.15, -0.1) is 0 Å². The molecular formula is C31H30BrNO5. The van der Waals surface area contributed by atoms with Gasteiger partial charge < -0.3 is 13.9 Å². The number of carbonyl (C=O) groups excluding carboxylic acids is 1. The summed E-state index contributed by atoms with van der Waals surface area (Å²) < 4.78 is 18.9. The first-order valence-corrected chi connectivity index (χ1v) is 13.8. The standard InChI is InChI=1S/C31H30BrNO5/c1-4-6-7-15-37-25-14-12-20(17-26(25)36-5-2)28-27-29(34)23-16-19(3)11-13-24(23)38-30(27)31(35)33(28)22-10-8-9-21(32)18-22/h8-14,16-18,28H,4-7,15H2,1-3H3. The molecule has 1 aromatic heterocycles. The predicted octanol–water partition coefficient (Wildman–Crippen LogP) is 7.58. The quantitative estimate of drug-likeness (QED) is 0.192. The monoisotopic (exact) mass is 575 g/mol. The summed E-state index contributed by atoms with van der Waals surface area (Å²) in [5, 5.41) is 0.457. The lowest BCUT2D eigenvalue weighted by Crippen LogP contribution is -2.29. The average molecular weight is 576 g/mol. The molecule has 2 heterocycles. The number of benzene rings is 3. The van der Waals surface area contributed by atoms with Gasteiger partial charge >= 0.3 is 0 Å². The van der Waals surface area contributed by atoms with Gasteiger partial charge in [0.2, 0.25) is 5.76 Å². The molecule has 0 aliphatic carbocycles. The highest BCUT2D eigenvalue weighted by Crippen LogP contribution is 2.43. The van der Waals surface area contributed by atoms with E-state index < -0.39 is 6.04 Å². The molecule has 196 valence electrons. The molecular weight excluding hydrogens is 546 g/mol. The van der Waals surface area contributed by atoms with Gasteiger partial charge in [-0.3, -0.25) is 14.5 Å². The van der Waals surface area contributed by atoms with Gasteiger partial charge in [0.05, 0.1) is 30.2 Å². The summed E-state index contributed by atoms with van der Waals surface area (Å²) >= 11 is 3.52. The highest BCUT2D eigenvalue weighted by Gasteiger charge is 2.44. The Labute approximate surface area is 230 Å². The normalized spacial score (nSPS) is 14.7. The molecule has 3 aromatic carbocycles. The van der Waals surface area contributed by atoms with Gasteiger partial charge in [-0.1, -0.05) is 59.5 Å². The third kappa shape index (κ3) is 4.83. The number of halogens is 1. The number of nitrogens with zero attached hydrogens (tertiary/aromatic N) is 1. The SMILES string of the molecule is CCCCCOc1ccc(C2c3c(oc4ccc(C)cc4c3=O)C(=O)N2c2cccc(Br)c2)cc1OCC. The van der Waals surface area contributed by atoms with Crippen LogP contribution >= 0.6 is 15.9 Å². The van der Waals surface area contributed by atoms with E-state index in [9.17, 15) is 9.59 Å². The lowest BCUT2D eigenvalue weighted by molar-refractivity contribution is 0.0971. The Morgan fingerprint density at radius 2 is 1.79 bits per heavy atom. The topological polar surface area (TPSA) is 69.0 Å². The van der Waals surface area contributed by atoms with Crippen molar-refractivity contribution in [3.63, 3.8) is 0 Å². The zero-order valence-electron chi connectivity index (χ0n) is 21.8. The molecule has 0 saturated heterocycles. The fourth-order valence-electron chi connectivity index (χ4n) is 4.91. The number of rotatable bonds is 9. The van der Waals surface area contributed by atoms with Crippen molar-refractivity contribution in [1.29, 1.82) is 0 Å². The smallest absolute Gasteiger partial charge is 0.295 e. The van der Waals surface area contributed by atoms with Crippen molar-refractivity contribution in [1.82, 2.24) is 0 Å².